The van der Waals surface area contributed by atoms with E-state index in [2.05, 4.69) is 0 Å². The Balaban J connectivity index is 2.11. The van der Waals surface area contributed by atoms with Crippen LogP contribution in [0.1, 0.15) is 41.0 Å². The normalized spacial score (nSPS) is 45.4. The van der Waals surface area contributed by atoms with Crippen molar-refractivity contribution in [2.45, 2.75) is 70.9 Å². The highest BCUT2D eigenvalue weighted by atomic mass is 16.8. The second kappa shape index (κ2) is 3.67. The molecule has 0 radical (unpaired) electrons. The lowest BCUT2D eigenvalue weighted by atomic mass is 9.86. The molecule has 2 heterocycles. The Bertz CT molecular complexity index is 274. The van der Waals surface area contributed by atoms with Crippen LogP contribution in [0.25, 0.3) is 0 Å². The fourth-order valence-corrected chi connectivity index (χ4v) is 2.57. The van der Waals surface area contributed by atoms with Crippen LogP contribution in [0.2, 0.25) is 0 Å². The Labute approximate surface area is 96.9 Å². The quantitative estimate of drug-likeness (QED) is 0.783. The Morgan fingerprint density at radius 2 is 1.94 bits per heavy atom. The summed E-state index contributed by atoms with van der Waals surface area (Å²) in [5.74, 6) is -0.436. The zero-order chi connectivity index (χ0) is 12.1. The molecule has 0 amide bonds. The lowest BCUT2D eigenvalue weighted by molar-refractivity contribution is -0.231. The minimum absolute atomic E-state index is 0.0713. The maximum absolute atomic E-state index is 10.2. The van der Waals surface area contributed by atoms with Crippen LogP contribution in [0.4, 0.5) is 0 Å². The van der Waals surface area contributed by atoms with Crippen LogP contribution in [0.5, 0.6) is 0 Å². The van der Waals surface area contributed by atoms with Crippen LogP contribution in [0.15, 0.2) is 0 Å². The molecule has 16 heavy (non-hydrogen) atoms. The van der Waals surface area contributed by atoms with Crippen molar-refractivity contribution in [3.63, 3.8) is 0 Å². The maximum atomic E-state index is 10.2. The summed E-state index contributed by atoms with van der Waals surface area (Å²) in [7, 11) is 0. The van der Waals surface area contributed by atoms with E-state index in [1.54, 1.807) is 6.92 Å². The Hall–Kier alpha value is -0.160. The van der Waals surface area contributed by atoms with Gasteiger partial charge in [-0.2, -0.15) is 0 Å². The molecule has 2 rings (SSSR count). The summed E-state index contributed by atoms with van der Waals surface area (Å²) in [6.07, 6.45) is 0.0276. The van der Waals surface area contributed by atoms with Crippen molar-refractivity contribution in [1.29, 1.82) is 0 Å². The highest BCUT2D eigenvalue weighted by Crippen LogP contribution is 2.43. The van der Waals surface area contributed by atoms with Crippen LogP contribution in [0, 0.1) is 5.92 Å². The summed E-state index contributed by atoms with van der Waals surface area (Å²) in [5, 5.41) is 10.2. The number of aliphatic hydroxyl groups is 1. The zero-order valence-electron chi connectivity index (χ0n) is 10.7. The third kappa shape index (κ3) is 1.88. The summed E-state index contributed by atoms with van der Waals surface area (Å²) in [6.45, 7) is 9.57. The van der Waals surface area contributed by atoms with Gasteiger partial charge in [-0.3, -0.25) is 0 Å². The molecule has 0 aromatic carbocycles. The third-order valence-electron chi connectivity index (χ3n) is 3.69. The smallest absolute Gasteiger partial charge is 0.187 e. The maximum Gasteiger partial charge on any atom is 0.187 e. The first kappa shape index (κ1) is 12.3. The van der Waals surface area contributed by atoms with Gasteiger partial charge in [-0.1, -0.05) is 13.8 Å². The standard InChI is InChI=1S/C12H22O4/c1-6-12(5,13)9-7(2)8-10(14-9)16-11(3,4)15-8/h7-10,13H,6H2,1-5H3/t7-,8+,9-,10+,12-/m0/s1. The van der Waals surface area contributed by atoms with Crippen molar-refractivity contribution >= 4 is 0 Å². The van der Waals surface area contributed by atoms with Crippen molar-refractivity contribution < 1.29 is 19.3 Å². The van der Waals surface area contributed by atoms with Gasteiger partial charge in [-0.15, -0.1) is 0 Å². The Kier molecular flexibility index (Phi) is 2.82. The second-order valence-corrected chi connectivity index (χ2v) is 5.60. The number of fused-ring (bicyclic) bond motifs is 1. The third-order valence-corrected chi connectivity index (χ3v) is 3.69. The van der Waals surface area contributed by atoms with Gasteiger partial charge in [0.2, 0.25) is 0 Å². The summed E-state index contributed by atoms with van der Waals surface area (Å²) in [4.78, 5) is 0. The molecule has 0 unspecified atom stereocenters. The van der Waals surface area contributed by atoms with Crippen LogP contribution in [-0.4, -0.2) is 35.0 Å². The average Bonchev–Trinajstić information content (AvgIpc) is 2.62. The van der Waals surface area contributed by atoms with Crippen molar-refractivity contribution in [3.8, 4) is 0 Å². The van der Waals surface area contributed by atoms with Gasteiger partial charge in [0.25, 0.3) is 0 Å². The topological polar surface area (TPSA) is 47.9 Å². The lowest BCUT2D eigenvalue weighted by Crippen LogP contribution is -2.44. The van der Waals surface area contributed by atoms with Crippen LogP contribution in [0.3, 0.4) is 0 Å². The number of ether oxygens (including phenoxy) is 3. The molecular formula is C12H22O4. The van der Waals surface area contributed by atoms with E-state index in [-0.39, 0.29) is 24.4 Å². The van der Waals surface area contributed by atoms with Crippen LogP contribution >= 0.6 is 0 Å². The molecule has 0 saturated carbocycles. The molecule has 1 N–H and O–H groups in total. The van der Waals surface area contributed by atoms with Crippen molar-refractivity contribution in [2.24, 2.45) is 5.92 Å². The first-order valence-electron chi connectivity index (χ1n) is 6.00. The minimum Gasteiger partial charge on any atom is -0.387 e. The average molecular weight is 230 g/mol. The fraction of sp³-hybridized carbons (Fsp3) is 1.00. The van der Waals surface area contributed by atoms with E-state index in [4.69, 9.17) is 14.2 Å². The predicted molar refractivity (Wildman–Crippen MR) is 58.8 cm³/mol. The van der Waals surface area contributed by atoms with Crippen molar-refractivity contribution in [1.82, 2.24) is 0 Å². The van der Waals surface area contributed by atoms with Gasteiger partial charge in [0.15, 0.2) is 12.1 Å². The highest BCUT2D eigenvalue weighted by molar-refractivity contribution is 4.97. The molecule has 4 nitrogen and oxygen atoms in total. The molecule has 0 aromatic heterocycles. The molecule has 0 aromatic rings. The summed E-state index contributed by atoms with van der Waals surface area (Å²) < 4.78 is 17.2. The van der Waals surface area contributed by atoms with Gasteiger partial charge in [-0.05, 0) is 27.2 Å². The van der Waals surface area contributed by atoms with Crippen molar-refractivity contribution in [2.75, 3.05) is 0 Å². The Morgan fingerprint density at radius 1 is 1.31 bits per heavy atom. The van der Waals surface area contributed by atoms with Gasteiger partial charge in [0.1, 0.15) is 6.10 Å². The molecule has 4 heteroatoms. The molecule has 2 aliphatic heterocycles. The van der Waals surface area contributed by atoms with E-state index in [0.29, 0.717) is 6.42 Å². The Morgan fingerprint density at radius 3 is 2.44 bits per heavy atom. The molecule has 5 atom stereocenters. The van der Waals surface area contributed by atoms with Crippen LogP contribution < -0.4 is 0 Å². The van der Waals surface area contributed by atoms with E-state index in [1.807, 2.05) is 27.7 Å². The van der Waals surface area contributed by atoms with Crippen molar-refractivity contribution in [3.05, 3.63) is 0 Å². The first-order valence-corrected chi connectivity index (χ1v) is 6.00. The van der Waals surface area contributed by atoms with E-state index >= 15 is 0 Å². The predicted octanol–water partition coefficient (Wildman–Crippen LogP) is 1.66. The summed E-state index contributed by atoms with van der Waals surface area (Å²) in [5.41, 5.74) is -0.819. The number of hydrogen-bond donors (Lipinski definition) is 1. The minimum atomic E-state index is -0.819. The van der Waals surface area contributed by atoms with Gasteiger partial charge in [-0.25, -0.2) is 0 Å². The summed E-state index contributed by atoms with van der Waals surface area (Å²) >= 11 is 0. The van der Waals surface area contributed by atoms with E-state index in [9.17, 15) is 5.11 Å². The van der Waals surface area contributed by atoms with Gasteiger partial charge >= 0.3 is 0 Å². The molecule has 2 saturated heterocycles. The molecular weight excluding hydrogens is 208 g/mol. The number of hydrogen-bond acceptors (Lipinski definition) is 4. The molecule has 0 spiro atoms. The van der Waals surface area contributed by atoms with E-state index < -0.39 is 11.4 Å². The number of rotatable bonds is 2. The van der Waals surface area contributed by atoms with Gasteiger partial charge in [0.05, 0.1) is 11.7 Å². The first-order chi connectivity index (χ1) is 7.27. The molecule has 0 aliphatic carbocycles. The fourth-order valence-electron chi connectivity index (χ4n) is 2.57. The largest absolute Gasteiger partial charge is 0.387 e. The second-order valence-electron chi connectivity index (χ2n) is 5.60. The highest BCUT2D eigenvalue weighted by Gasteiger charge is 2.56. The van der Waals surface area contributed by atoms with Gasteiger partial charge in [0, 0.05) is 5.92 Å². The lowest BCUT2D eigenvalue weighted by Gasteiger charge is -2.33. The SMILES string of the molecule is CC[C@](C)(O)[C@H]1O[C@@H]2OC(C)(C)O[C@@H]2[C@@H]1C. The molecule has 0 bridgehead atoms. The van der Waals surface area contributed by atoms with Crippen LogP contribution in [-0.2, 0) is 14.2 Å². The summed E-state index contributed by atoms with van der Waals surface area (Å²) in [6, 6.07) is 0. The van der Waals surface area contributed by atoms with Gasteiger partial charge < -0.3 is 19.3 Å². The van der Waals surface area contributed by atoms with E-state index in [0.717, 1.165) is 0 Å². The molecule has 2 aliphatic rings. The zero-order valence-corrected chi connectivity index (χ0v) is 10.7. The molecule has 2 fully saturated rings. The molecule has 94 valence electrons. The van der Waals surface area contributed by atoms with E-state index in [1.165, 1.54) is 0 Å². The monoisotopic (exact) mass is 230 g/mol.